The third-order valence-corrected chi connectivity index (χ3v) is 3.27. The molecule has 0 aliphatic carbocycles. The first kappa shape index (κ1) is 15.3. The van der Waals surface area contributed by atoms with Crippen LogP contribution in [0.25, 0.3) is 0 Å². The Morgan fingerprint density at radius 2 is 1.90 bits per heavy atom. The predicted octanol–water partition coefficient (Wildman–Crippen LogP) is 3.66. The van der Waals surface area contributed by atoms with Crippen LogP contribution in [0.15, 0.2) is 40.9 Å². The van der Waals surface area contributed by atoms with Crippen LogP contribution in [0.2, 0.25) is 0 Å². The van der Waals surface area contributed by atoms with Crippen LogP contribution in [0.5, 0.6) is 11.5 Å². The molecule has 0 aliphatic heterocycles. The minimum Gasteiger partial charge on any atom is -0.452 e. The smallest absolute Gasteiger partial charge is 0.253 e. The Balaban J connectivity index is 2.30. The Bertz CT molecular complexity index is 689. The largest absolute Gasteiger partial charge is 0.452 e. The molecule has 2 rings (SSSR count). The molecule has 0 radical (unpaired) electrons. The second-order valence-corrected chi connectivity index (χ2v) is 5.54. The molecule has 0 unspecified atom stereocenters. The molecule has 0 aromatic heterocycles. The Morgan fingerprint density at radius 3 is 2.52 bits per heavy atom. The average molecular weight is 353 g/mol. The minimum absolute atomic E-state index is 0.0581. The van der Waals surface area contributed by atoms with Gasteiger partial charge in [-0.15, -0.1) is 0 Å². The molecule has 0 aliphatic rings. The molecule has 6 heteroatoms. The fourth-order valence-electron chi connectivity index (χ4n) is 1.71. The number of amides is 1. The van der Waals surface area contributed by atoms with E-state index in [1.807, 2.05) is 0 Å². The van der Waals surface area contributed by atoms with E-state index in [-0.39, 0.29) is 17.3 Å². The third kappa shape index (κ3) is 3.52. The highest BCUT2D eigenvalue weighted by molar-refractivity contribution is 9.10. The third-order valence-electron chi connectivity index (χ3n) is 2.78. The van der Waals surface area contributed by atoms with Crippen molar-refractivity contribution in [2.75, 3.05) is 19.8 Å². The topological polar surface area (TPSA) is 55.6 Å². The number of rotatable bonds is 3. The lowest BCUT2D eigenvalue weighted by molar-refractivity contribution is 0.0827. The normalized spacial score (nSPS) is 10.3. The summed E-state index contributed by atoms with van der Waals surface area (Å²) in [6.45, 7) is 0. The van der Waals surface area contributed by atoms with E-state index in [0.717, 1.165) is 0 Å². The van der Waals surface area contributed by atoms with E-state index in [0.29, 0.717) is 15.8 Å². The molecule has 21 heavy (non-hydrogen) atoms. The fraction of sp³-hybridized carbons (Fsp3) is 0.133. The van der Waals surface area contributed by atoms with Gasteiger partial charge in [-0.25, -0.2) is 4.39 Å². The SMILES string of the molecule is CN(C)C(=O)c1ccc(Oc2cc(Br)ccc2F)c(N)c1. The monoisotopic (exact) mass is 352 g/mol. The number of nitrogens with two attached hydrogens (primary N) is 1. The fourth-order valence-corrected chi connectivity index (χ4v) is 2.05. The summed E-state index contributed by atoms with van der Waals surface area (Å²) in [5.41, 5.74) is 6.58. The van der Waals surface area contributed by atoms with E-state index in [1.165, 1.54) is 23.1 Å². The van der Waals surface area contributed by atoms with Gasteiger partial charge in [0.25, 0.3) is 5.91 Å². The zero-order valence-corrected chi connectivity index (χ0v) is 13.1. The summed E-state index contributed by atoms with van der Waals surface area (Å²) in [4.78, 5) is 13.3. The first-order valence-electron chi connectivity index (χ1n) is 6.12. The maximum atomic E-state index is 13.7. The van der Waals surface area contributed by atoms with Gasteiger partial charge in [-0.2, -0.15) is 0 Å². The van der Waals surface area contributed by atoms with Gasteiger partial charge in [0, 0.05) is 24.1 Å². The number of hydrogen-bond acceptors (Lipinski definition) is 3. The van der Waals surface area contributed by atoms with Crippen LogP contribution < -0.4 is 10.5 Å². The molecular formula is C15H14BrFN2O2. The quantitative estimate of drug-likeness (QED) is 0.857. The van der Waals surface area contributed by atoms with Crippen LogP contribution in [-0.2, 0) is 0 Å². The van der Waals surface area contributed by atoms with Gasteiger partial charge >= 0.3 is 0 Å². The summed E-state index contributed by atoms with van der Waals surface area (Å²) in [7, 11) is 3.31. The number of carbonyl (C=O) groups is 1. The van der Waals surface area contributed by atoms with E-state index in [4.69, 9.17) is 10.5 Å². The minimum atomic E-state index is -0.494. The zero-order valence-electron chi connectivity index (χ0n) is 11.6. The first-order chi connectivity index (χ1) is 9.88. The van der Waals surface area contributed by atoms with Crippen molar-refractivity contribution in [2.45, 2.75) is 0 Å². The number of hydrogen-bond donors (Lipinski definition) is 1. The van der Waals surface area contributed by atoms with Crippen molar-refractivity contribution in [2.24, 2.45) is 0 Å². The molecular weight excluding hydrogens is 339 g/mol. The van der Waals surface area contributed by atoms with Crippen LogP contribution in [0.3, 0.4) is 0 Å². The van der Waals surface area contributed by atoms with Gasteiger partial charge in [-0.1, -0.05) is 15.9 Å². The van der Waals surface area contributed by atoms with Crippen LogP contribution in [0, 0.1) is 5.82 Å². The van der Waals surface area contributed by atoms with Gasteiger partial charge in [0.1, 0.15) is 0 Å². The Kier molecular flexibility index (Phi) is 4.47. The van der Waals surface area contributed by atoms with Gasteiger partial charge < -0.3 is 15.4 Å². The van der Waals surface area contributed by atoms with Crippen molar-refractivity contribution < 1.29 is 13.9 Å². The molecule has 0 saturated heterocycles. The summed E-state index contributed by atoms with van der Waals surface area (Å²) in [5.74, 6) is -0.307. The molecule has 0 saturated carbocycles. The van der Waals surface area contributed by atoms with Crippen molar-refractivity contribution >= 4 is 27.5 Å². The molecule has 0 bridgehead atoms. The standard InChI is InChI=1S/C15H14BrFN2O2/c1-19(2)15(20)9-3-6-13(12(18)7-9)21-14-8-10(16)4-5-11(14)17/h3-8H,18H2,1-2H3. The summed E-state index contributed by atoms with van der Waals surface area (Å²) in [6, 6.07) is 9.02. The number of ether oxygens (including phenoxy) is 1. The van der Waals surface area contributed by atoms with Crippen molar-refractivity contribution in [3.05, 3.63) is 52.3 Å². The number of nitrogens with zero attached hydrogens (tertiary/aromatic N) is 1. The van der Waals surface area contributed by atoms with Gasteiger partial charge in [-0.3, -0.25) is 4.79 Å². The highest BCUT2D eigenvalue weighted by atomic mass is 79.9. The van der Waals surface area contributed by atoms with E-state index in [2.05, 4.69) is 15.9 Å². The molecule has 0 atom stereocenters. The second kappa shape index (κ2) is 6.13. The lowest BCUT2D eigenvalue weighted by Crippen LogP contribution is -2.21. The highest BCUT2D eigenvalue weighted by Crippen LogP contribution is 2.31. The molecule has 2 aromatic carbocycles. The van der Waals surface area contributed by atoms with Crippen molar-refractivity contribution in [1.29, 1.82) is 0 Å². The zero-order chi connectivity index (χ0) is 15.6. The maximum Gasteiger partial charge on any atom is 0.253 e. The van der Waals surface area contributed by atoms with Crippen molar-refractivity contribution in [3.8, 4) is 11.5 Å². The van der Waals surface area contributed by atoms with Gasteiger partial charge in [0.2, 0.25) is 0 Å². The Labute approximate surface area is 130 Å². The first-order valence-corrected chi connectivity index (χ1v) is 6.92. The van der Waals surface area contributed by atoms with Gasteiger partial charge in [0.15, 0.2) is 17.3 Å². The molecule has 2 aromatic rings. The summed E-state index contributed by atoms with van der Waals surface area (Å²) in [6.07, 6.45) is 0. The molecule has 1 amide bonds. The van der Waals surface area contributed by atoms with E-state index in [1.54, 1.807) is 32.3 Å². The summed E-state index contributed by atoms with van der Waals surface area (Å²) in [5, 5.41) is 0. The van der Waals surface area contributed by atoms with Crippen LogP contribution in [0.1, 0.15) is 10.4 Å². The number of anilines is 1. The van der Waals surface area contributed by atoms with E-state index in [9.17, 15) is 9.18 Å². The van der Waals surface area contributed by atoms with Crippen LogP contribution in [0.4, 0.5) is 10.1 Å². The molecule has 2 N–H and O–H groups in total. The van der Waals surface area contributed by atoms with Gasteiger partial charge in [-0.05, 0) is 36.4 Å². The maximum absolute atomic E-state index is 13.7. The Hall–Kier alpha value is -2.08. The van der Waals surface area contributed by atoms with E-state index < -0.39 is 5.82 Å². The van der Waals surface area contributed by atoms with Crippen LogP contribution in [-0.4, -0.2) is 24.9 Å². The molecule has 0 spiro atoms. The number of halogens is 2. The number of nitrogen functional groups attached to an aromatic ring is 1. The molecule has 4 nitrogen and oxygen atoms in total. The number of benzene rings is 2. The molecule has 110 valence electrons. The number of carbonyl (C=O) groups excluding carboxylic acids is 1. The molecule has 0 fully saturated rings. The van der Waals surface area contributed by atoms with E-state index >= 15 is 0 Å². The van der Waals surface area contributed by atoms with Gasteiger partial charge in [0.05, 0.1) is 5.69 Å². The predicted molar refractivity (Wildman–Crippen MR) is 83.0 cm³/mol. The summed E-state index contributed by atoms with van der Waals surface area (Å²) < 4.78 is 19.8. The average Bonchev–Trinajstić information content (AvgIpc) is 2.44. The lowest BCUT2D eigenvalue weighted by Gasteiger charge is -2.13. The molecule has 0 heterocycles. The van der Waals surface area contributed by atoms with Crippen LogP contribution >= 0.6 is 15.9 Å². The van der Waals surface area contributed by atoms with Crippen molar-refractivity contribution in [3.63, 3.8) is 0 Å². The lowest BCUT2D eigenvalue weighted by atomic mass is 10.1. The summed E-state index contributed by atoms with van der Waals surface area (Å²) >= 11 is 3.25. The Morgan fingerprint density at radius 1 is 1.19 bits per heavy atom. The highest BCUT2D eigenvalue weighted by Gasteiger charge is 2.12. The van der Waals surface area contributed by atoms with Crippen molar-refractivity contribution in [1.82, 2.24) is 4.90 Å². The second-order valence-electron chi connectivity index (χ2n) is 4.63.